The Bertz CT molecular complexity index is 326. The molecule has 0 aromatic heterocycles. The maximum atomic E-state index is 11.6. The summed E-state index contributed by atoms with van der Waals surface area (Å²) in [5.41, 5.74) is 0. The molecule has 1 unspecified atom stereocenters. The van der Waals surface area contributed by atoms with Gasteiger partial charge in [-0.25, -0.2) is 8.42 Å². The Hall–Kier alpha value is -0.620. The molecule has 0 aromatic rings. The van der Waals surface area contributed by atoms with Gasteiger partial charge in [0.05, 0.1) is 11.8 Å². The zero-order valence-electron chi connectivity index (χ0n) is 9.19. The molecule has 1 saturated heterocycles. The van der Waals surface area contributed by atoms with Gasteiger partial charge in [-0.3, -0.25) is 4.79 Å². The van der Waals surface area contributed by atoms with E-state index in [0.29, 0.717) is 13.1 Å². The van der Waals surface area contributed by atoms with Gasteiger partial charge in [0.2, 0.25) is 5.91 Å². The SMILES string of the molecule is CCS(=O)(=O)CCN1CCNC(C)C1=O. The van der Waals surface area contributed by atoms with E-state index in [4.69, 9.17) is 0 Å². The fourth-order valence-corrected chi connectivity index (χ4v) is 2.29. The topological polar surface area (TPSA) is 66.5 Å². The van der Waals surface area contributed by atoms with Gasteiger partial charge in [-0.2, -0.15) is 0 Å². The number of nitrogens with zero attached hydrogens (tertiary/aromatic N) is 1. The Labute approximate surface area is 90.7 Å². The molecule has 1 aliphatic rings. The number of sulfone groups is 1. The van der Waals surface area contributed by atoms with Crippen molar-refractivity contribution in [2.75, 3.05) is 31.1 Å². The number of carbonyl (C=O) groups is 1. The van der Waals surface area contributed by atoms with E-state index in [1.54, 1.807) is 18.7 Å². The van der Waals surface area contributed by atoms with Crippen molar-refractivity contribution in [3.05, 3.63) is 0 Å². The molecular weight excluding hydrogens is 216 g/mol. The van der Waals surface area contributed by atoms with Crippen molar-refractivity contribution in [3.63, 3.8) is 0 Å². The molecule has 0 spiro atoms. The van der Waals surface area contributed by atoms with Gasteiger partial charge in [0.25, 0.3) is 0 Å². The molecule has 6 heteroatoms. The van der Waals surface area contributed by atoms with Gasteiger partial charge in [0.15, 0.2) is 9.84 Å². The molecule has 1 atom stereocenters. The summed E-state index contributed by atoms with van der Waals surface area (Å²) in [6.45, 7) is 5.07. The molecule has 1 amide bonds. The summed E-state index contributed by atoms with van der Waals surface area (Å²) >= 11 is 0. The lowest BCUT2D eigenvalue weighted by Crippen LogP contribution is -2.54. The van der Waals surface area contributed by atoms with Crippen LogP contribution in [0.4, 0.5) is 0 Å². The van der Waals surface area contributed by atoms with Crippen molar-refractivity contribution >= 4 is 15.7 Å². The number of amides is 1. The first-order valence-electron chi connectivity index (χ1n) is 5.19. The normalized spacial score (nSPS) is 23.2. The number of rotatable bonds is 4. The minimum absolute atomic E-state index is 0.00690. The van der Waals surface area contributed by atoms with Crippen LogP contribution in [0.1, 0.15) is 13.8 Å². The molecule has 1 heterocycles. The predicted octanol–water partition coefficient (Wildman–Crippen LogP) is -0.759. The summed E-state index contributed by atoms with van der Waals surface area (Å²) in [6, 6.07) is -0.192. The number of hydrogen-bond acceptors (Lipinski definition) is 4. The van der Waals surface area contributed by atoms with Crippen LogP contribution in [0.2, 0.25) is 0 Å². The quantitative estimate of drug-likeness (QED) is 0.694. The molecule has 1 aliphatic heterocycles. The molecule has 1 rings (SSSR count). The maximum absolute atomic E-state index is 11.6. The van der Waals surface area contributed by atoms with Crippen LogP contribution in [-0.2, 0) is 14.6 Å². The fraction of sp³-hybridized carbons (Fsp3) is 0.889. The van der Waals surface area contributed by atoms with Crippen molar-refractivity contribution < 1.29 is 13.2 Å². The Kier molecular flexibility index (Phi) is 4.10. The number of nitrogens with one attached hydrogen (secondary N) is 1. The summed E-state index contributed by atoms with van der Waals surface area (Å²) in [6.07, 6.45) is 0. The fourth-order valence-electron chi connectivity index (χ4n) is 1.50. The van der Waals surface area contributed by atoms with Crippen molar-refractivity contribution in [1.29, 1.82) is 0 Å². The van der Waals surface area contributed by atoms with Gasteiger partial charge in [-0.05, 0) is 6.92 Å². The highest BCUT2D eigenvalue weighted by atomic mass is 32.2. The third-order valence-electron chi connectivity index (χ3n) is 2.63. The van der Waals surface area contributed by atoms with Crippen molar-refractivity contribution in [1.82, 2.24) is 10.2 Å². The van der Waals surface area contributed by atoms with Crippen LogP contribution < -0.4 is 5.32 Å². The summed E-state index contributed by atoms with van der Waals surface area (Å²) in [5.74, 6) is 0.206. The van der Waals surface area contributed by atoms with E-state index < -0.39 is 9.84 Å². The van der Waals surface area contributed by atoms with E-state index in [9.17, 15) is 13.2 Å². The summed E-state index contributed by atoms with van der Waals surface area (Å²) in [7, 11) is -2.97. The number of carbonyl (C=O) groups excluding carboxylic acids is 1. The van der Waals surface area contributed by atoms with E-state index in [1.807, 2.05) is 0 Å². The summed E-state index contributed by atoms with van der Waals surface area (Å²) in [4.78, 5) is 13.2. The van der Waals surface area contributed by atoms with Crippen LogP contribution in [0.15, 0.2) is 0 Å². The molecule has 0 radical (unpaired) electrons. The molecule has 0 saturated carbocycles. The minimum Gasteiger partial charge on any atom is -0.339 e. The van der Waals surface area contributed by atoms with Crippen molar-refractivity contribution in [3.8, 4) is 0 Å². The molecule has 1 fully saturated rings. The van der Waals surface area contributed by atoms with Gasteiger partial charge < -0.3 is 10.2 Å². The summed E-state index contributed by atoms with van der Waals surface area (Å²) < 4.78 is 22.6. The van der Waals surface area contributed by atoms with E-state index >= 15 is 0 Å². The largest absolute Gasteiger partial charge is 0.339 e. The number of piperazine rings is 1. The zero-order chi connectivity index (χ0) is 11.5. The van der Waals surface area contributed by atoms with E-state index in [2.05, 4.69) is 5.32 Å². The van der Waals surface area contributed by atoms with Crippen LogP contribution in [0.25, 0.3) is 0 Å². The first-order chi connectivity index (χ1) is 6.96. The molecule has 0 aromatic carbocycles. The third-order valence-corrected chi connectivity index (χ3v) is 4.31. The van der Waals surface area contributed by atoms with Gasteiger partial charge in [0.1, 0.15) is 0 Å². The average Bonchev–Trinajstić information content (AvgIpc) is 2.20. The second-order valence-electron chi connectivity index (χ2n) is 3.74. The molecule has 15 heavy (non-hydrogen) atoms. The molecule has 1 N–H and O–H groups in total. The average molecular weight is 234 g/mol. The van der Waals surface area contributed by atoms with Gasteiger partial charge in [-0.15, -0.1) is 0 Å². The van der Waals surface area contributed by atoms with Crippen molar-refractivity contribution in [2.45, 2.75) is 19.9 Å². The maximum Gasteiger partial charge on any atom is 0.239 e. The minimum atomic E-state index is -2.97. The number of hydrogen-bond donors (Lipinski definition) is 1. The van der Waals surface area contributed by atoms with Crippen LogP contribution in [0.3, 0.4) is 0 Å². The van der Waals surface area contributed by atoms with Gasteiger partial charge in [0, 0.05) is 25.4 Å². The van der Waals surface area contributed by atoms with E-state index in [0.717, 1.165) is 6.54 Å². The molecule has 0 aliphatic carbocycles. The van der Waals surface area contributed by atoms with Gasteiger partial charge >= 0.3 is 0 Å². The third kappa shape index (κ3) is 3.46. The summed E-state index contributed by atoms with van der Waals surface area (Å²) in [5, 5.41) is 3.03. The van der Waals surface area contributed by atoms with Crippen LogP contribution in [0, 0.1) is 0 Å². The smallest absolute Gasteiger partial charge is 0.239 e. The zero-order valence-corrected chi connectivity index (χ0v) is 10.0. The van der Waals surface area contributed by atoms with Crippen LogP contribution in [0.5, 0.6) is 0 Å². The van der Waals surface area contributed by atoms with E-state index in [-0.39, 0.29) is 23.5 Å². The first kappa shape index (κ1) is 12.4. The molecule has 5 nitrogen and oxygen atoms in total. The highest BCUT2D eigenvalue weighted by Crippen LogP contribution is 2.02. The second-order valence-corrected chi connectivity index (χ2v) is 6.21. The van der Waals surface area contributed by atoms with Crippen molar-refractivity contribution in [2.24, 2.45) is 0 Å². The monoisotopic (exact) mass is 234 g/mol. The lowest BCUT2D eigenvalue weighted by atomic mass is 10.2. The lowest BCUT2D eigenvalue weighted by Gasteiger charge is -2.31. The first-order valence-corrected chi connectivity index (χ1v) is 7.01. The van der Waals surface area contributed by atoms with Crippen LogP contribution >= 0.6 is 0 Å². The van der Waals surface area contributed by atoms with Crippen LogP contribution in [-0.4, -0.2) is 56.4 Å². The molecule has 0 bridgehead atoms. The standard InChI is InChI=1S/C9H18N2O3S/c1-3-15(13,14)7-6-11-5-4-10-8(2)9(11)12/h8,10H,3-7H2,1-2H3. The Morgan fingerprint density at radius 1 is 1.53 bits per heavy atom. The Balaban J connectivity index is 2.48. The molecule has 88 valence electrons. The van der Waals surface area contributed by atoms with Gasteiger partial charge in [-0.1, -0.05) is 6.92 Å². The Morgan fingerprint density at radius 3 is 2.80 bits per heavy atom. The molecular formula is C9H18N2O3S. The lowest BCUT2D eigenvalue weighted by molar-refractivity contribution is -0.134. The second kappa shape index (κ2) is 4.94. The Morgan fingerprint density at radius 2 is 2.20 bits per heavy atom. The predicted molar refractivity (Wildman–Crippen MR) is 58.4 cm³/mol. The highest BCUT2D eigenvalue weighted by molar-refractivity contribution is 7.91. The highest BCUT2D eigenvalue weighted by Gasteiger charge is 2.25. The van der Waals surface area contributed by atoms with E-state index in [1.165, 1.54) is 0 Å².